The summed E-state index contributed by atoms with van der Waals surface area (Å²) in [6.07, 6.45) is 1.48. The van der Waals surface area contributed by atoms with E-state index in [9.17, 15) is 9.90 Å². The minimum absolute atomic E-state index is 0.247. The van der Waals surface area contributed by atoms with Crippen LogP contribution in [0.1, 0.15) is 23.3 Å². The molecule has 2 N–H and O–H groups in total. The zero-order valence-corrected chi connectivity index (χ0v) is 9.76. The number of rotatable bonds is 2. The summed E-state index contributed by atoms with van der Waals surface area (Å²) in [6, 6.07) is 3.40. The lowest BCUT2D eigenvalue weighted by atomic mass is 10.1. The first-order chi connectivity index (χ1) is 8.20. The Morgan fingerprint density at radius 2 is 2.35 bits per heavy atom. The van der Waals surface area contributed by atoms with Gasteiger partial charge in [-0.2, -0.15) is 0 Å². The summed E-state index contributed by atoms with van der Waals surface area (Å²) < 4.78 is 0. The average molecular weight is 236 g/mol. The highest BCUT2D eigenvalue weighted by atomic mass is 16.3. The molecule has 1 aromatic rings. The lowest BCUT2D eigenvalue weighted by Crippen LogP contribution is -2.38. The second-order valence-electron chi connectivity index (χ2n) is 4.10. The fraction of sp³-hybridized carbons (Fsp3) is 0.545. The van der Waals surface area contributed by atoms with Crippen LogP contribution in [-0.2, 0) is 0 Å². The molecule has 1 aromatic heterocycles. The molecule has 1 aliphatic heterocycles. The zero-order chi connectivity index (χ0) is 12.3. The molecule has 0 spiro atoms. The Balaban J connectivity index is 2.09. The molecule has 0 unspecified atom stereocenters. The van der Waals surface area contributed by atoms with Gasteiger partial charge in [0.15, 0.2) is 11.5 Å². The molecular weight excluding hydrogens is 220 g/mol. The van der Waals surface area contributed by atoms with Crippen molar-refractivity contribution in [2.75, 3.05) is 25.0 Å². The Morgan fingerprint density at radius 3 is 2.94 bits per heavy atom. The van der Waals surface area contributed by atoms with Crippen molar-refractivity contribution in [1.82, 2.24) is 15.5 Å². The topological polar surface area (TPSA) is 78.4 Å². The van der Waals surface area contributed by atoms with Crippen LogP contribution in [0.4, 0.5) is 5.82 Å². The maximum Gasteiger partial charge on any atom is 0.271 e. The highest BCUT2D eigenvalue weighted by molar-refractivity contribution is 5.91. The van der Waals surface area contributed by atoms with E-state index in [4.69, 9.17) is 0 Å². The van der Waals surface area contributed by atoms with E-state index < -0.39 is 0 Å². The van der Waals surface area contributed by atoms with Gasteiger partial charge in [-0.15, -0.1) is 10.2 Å². The van der Waals surface area contributed by atoms with Crippen molar-refractivity contribution >= 4 is 11.7 Å². The smallest absolute Gasteiger partial charge is 0.271 e. The van der Waals surface area contributed by atoms with Crippen molar-refractivity contribution in [2.45, 2.75) is 18.9 Å². The molecule has 0 aromatic carbocycles. The van der Waals surface area contributed by atoms with Gasteiger partial charge in [0.25, 0.3) is 5.91 Å². The maximum atomic E-state index is 11.3. The lowest BCUT2D eigenvalue weighted by Gasteiger charge is -2.30. The molecule has 0 radical (unpaired) electrons. The Labute approximate surface area is 99.7 Å². The summed E-state index contributed by atoms with van der Waals surface area (Å²) in [5.74, 6) is 0.458. The molecule has 17 heavy (non-hydrogen) atoms. The third kappa shape index (κ3) is 2.71. The fourth-order valence-corrected chi connectivity index (χ4v) is 1.91. The molecule has 1 atom stereocenters. The summed E-state index contributed by atoms with van der Waals surface area (Å²) in [4.78, 5) is 13.3. The van der Waals surface area contributed by atoms with E-state index in [0.29, 0.717) is 18.1 Å². The molecule has 0 aliphatic carbocycles. The summed E-state index contributed by atoms with van der Waals surface area (Å²) in [7, 11) is 1.55. The number of aliphatic hydroxyl groups excluding tert-OH is 1. The van der Waals surface area contributed by atoms with Gasteiger partial charge in [-0.1, -0.05) is 0 Å². The zero-order valence-electron chi connectivity index (χ0n) is 9.76. The number of carbonyl (C=O) groups is 1. The van der Waals surface area contributed by atoms with Gasteiger partial charge in [-0.25, -0.2) is 0 Å². The highest BCUT2D eigenvalue weighted by Gasteiger charge is 2.19. The van der Waals surface area contributed by atoms with Crippen molar-refractivity contribution in [2.24, 2.45) is 0 Å². The first kappa shape index (κ1) is 11.8. The summed E-state index contributed by atoms with van der Waals surface area (Å²) >= 11 is 0. The molecule has 2 heterocycles. The second kappa shape index (κ2) is 5.09. The van der Waals surface area contributed by atoms with E-state index in [0.717, 1.165) is 19.4 Å². The standard InChI is InChI=1S/C11H16N4O2/c1-12-11(17)9-4-5-10(14-13-9)15-6-2-3-8(16)7-15/h4-5,8,16H,2-3,6-7H2,1H3,(H,12,17)/t8-/m0/s1. The Morgan fingerprint density at radius 1 is 1.53 bits per heavy atom. The Hall–Kier alpha value is -1.69. The van der Waals surface area contributed by atoms with E-state index in [1.807, 2.05) is 4.90 Å². The van der Waals surface area contributed by atoms with Gasteiger partial charge in [0.05, 0.1) is 6.10 Å². The second-order valence-corrected chi connectivity index (χ2v) is 4.10. The van der Waals surface area contributed by atoms with Crippen LogP contribution in [0.5, 0.6) is 0 Å². The molecule has 0 bridgehead atoms. The third-order valence-electron chi connectivity index (χ3n) is 2.83. The molecule has 92 valence electrons. The number of nitrogens with one attached hydrogen (secondary N) is 1. The molecule has 1 aliphatic rings. The minimum Gasteiger partial charge on any atom is -0.391 e. The van der Waals surface area contributed by atoms with Crippen LogP contribution in [0, 0.1) is 0 Å². The van der Waals surface area contributed by atoms with Crippen LogP contribution in [-0.4, -0.2) is 47.5 Å². The summed E-state index contributed by atoms with van der Waals surface area (Å²) in [5, 5.41) is 19.9. The number of β-amino-alcohol motifs (C(OH)–C–C–N with tert-alkyl or cyclic N) is 1. The number of aromatic nitrogens is 2. The monoisotopic (exact) mass is 236 g/mol. The minimum atomic E-state index is -0.302. The van der Waals surface area contributed by atoms with Crippen LogP contribution < -0.4 is 10.2 Å². The quantitative estimate of drug-likeness (QED) is 0.743. The molecule has 1 amide bonds. The number of hydrogen-bond donors (Lipinski definition) is 2. The van der Waals surface area contributed by atoms with Crippen molar-refractivity contribution in [1.29, 1.82) is 0 Å². The molecule has 6 nitrogen and oxygen atoms in total. The van der Waals surface area contributed by atoms with Crippen LogP contribution >= 0.6 is 0 Å². The summed E-state index contributed by atoms with van der Waals surface area (Å²) in [5.41, 5.74) is 0.300. The third-order valence-corrected chi connectivity index (χ3v) is 2.83. The molecule has 6 heteroatoms. The van der Waals surface area contributed by atoms with Crippen LogP contribution in [0.25, 0.3) is 0 Å². The number of aliphatic hydroxyl groups is 1. The Kier molecular flexibility index (Phi) is 3.53. The predicted octanol–water partition coefficient (Wildman–Crippen LogP) is -0.203. The van der Waals surface area contributed by atoms with E-state index >= 15 is 0 Å². The molecular formula is C11H16N4O2. The number of hydrogen-bond acceptors (Lipinski definition) is 5. The first-order valence-corrected chi connectivity index (χ1v) is 5.69. The van der Waals surface area contributed by atoms with Gasteiger partial charge in [0, 0.05) is 20.1 Å². The van der Waals surface area contributed by atoms with E-state index in [2.05, 4.69) is 15.5 Å². The number of carbonyl (C=O) groups excluding carboxylic acids is 1. The maximum absolute atomic E-state index is 11.3. The first-order valence-electron chi connectivity index (χ1n) is 5.69. The van der Waals surface area contributed by atoms with Crippen LogP contribution in [0.2, 0.25) is 0 Å². The normalized spacial score (nSPS) is 20.1. The SMILES string of the molecule is CNC(=O)c1ccc(N2CCC[C@H](O)C2)nn1. The summed E-state index contributed by atoms with van der Waals surface area (Å²) in [6.45, 7) is 1.44. The van der Waals surface area contributed by atoms with Gasteiger partial charge in [-0.3, -0.25) is 4.79 Å². The van der Waals surface area contributed by atoms with E-state index in [1.54, 1.807) is 19.2 Å². The van der Waals surface area contributed by atoms with Crippen molar-refractivity contribution in [3.05, 3.63) is 17.8 Å². The van der Waals surface area contributed by atoms with Gasteiger partial charge in [0.1, 0.15) is 0 Å². The van der Waals surface area contributed by atoms with Crippen LogP contribution in [0.15, 0.2) is 12.1 Å². The largest absolute Gasteiger partial charge is 0.391 e. The molecule has 0 saturated carbocycles. The predicted molar refractivity (Wildman–Crippen MR) is 62.9 cm³/mol. The number of amides is 1. The van der Waals surface area contributed by atoms with E-state index in [-0.39, 0.29) is 12.0 Å². The van der Waals surface area contributed by atoms with Gasteiger partial charge < -0.3 is 15.3 Å². The van der Waals surface area contributed by atoms with Gasteiger partial charge >= 0.3 is 0 Å². The van der Waals surface area contributed by atoms with Crippen molar-refractivity contribution < 1.29 is 9.90 Å². The van der Waals surface area contributed by atoms with Gasteiger partial charge in [0.2, 0.25) is 0 Å². The van der Waals surface area contributed by atoms with Crippen molar-refractivity contribution in [3.63, 3.8) is 0 Å². The fourth-order valence-electron chi connectivity index (χ4n) is 1.91. The molecule has 2 rings (SSSR count). The Bertz CT molecular complexity index is 393. The molecule has 1 saturated heterocycles. The number of nitrogens with zero attached hydrogens (tertiary/aromatic N) is 3. The number of piperidine rings is 1. The van der Waals surface area contributed by atoms with Crippen molar-refractivity contribution in [3.8, 4) is 0 Å². The number of anilines is 1. The lowest BCUT2D eigenvalue weighted by molar-refractivity contribution is 0.0957. The molecule has 1 fully saturated rings. The van der Waals surface area contributed by atoms with Crippen LogP contribution in [0.3, 0.4) is 0 Å². The average Bonchev–Trinajstić information content (AvgIpc) is 2.38. The highest BCUT2D eigenvalue weighted by Crippen LogP contribution is 2.16. The van der Waals surface area contributed by atoms with E-state index in [1.165, 1.54) is 0 Å². The van der Waals surface area contributed by atoms with Gasteiger partial charge in [-0.05, 0) is 25.0 Å².